The molecule has 2 N–H and O–H groups in total. The Bertz CT molecular complexity index is 596. The van der Waals surface area contributed by atoms with Gasteiger partial charge in [-0.15, -0.1) is 24.0 Å². The number of methoxy groups -OCH3 is 1. The van der Waals surface area contributed by atoms with Crippen LogP contribution in [0, 0.1) is 0 Å². The van der Waals surface area contributed by atoms with Crippen molar-refractivity contribution in [2.45, 2.75) is 38.8 Å². The van der Waals surface area contributed by atoms with E-state index in [0.717, 1.165) is 51.6 Å². The highest BCUT2D eigenvalue weighted by Gasteiger charge is 2.29. The topological polar surface area (TPSA) is 58.1 Å². The van der Waals surface area contributed by atoms with Gasteiger partial charge in [0.15, 0.2) is 5.96 Å². The van der Waals surface area contributed by atoms with E-state index in [0.29, 0.717) is 13.2 Å². The number of fused-ring (bicyclic) bond motifs is 1. The van der Waals surface area contributed by atoms with Gasteiger partial charge in [-0.2, -0.15) is 0 Å². The fourth-order valence-corrected chi connectivity index (χ4v) is 3.27. The number of hydrogen-bond acceptors (Lipinski definition) is 4. The van der Waals surface area contributed by atoms with Crippen LogP contribution in [0.5, 0.6) is 0 Å². The second kappa shape index (κ2) is 13.3. The maximum atomic E-state index is 5.48. The summed E-state index contributed by atoms with van der Waals surface area (Å²) in [6.07, 6.45) is 2.06. The van der Waals surface area contributed by atoms with Gasteiger partial charge in [0, 0.05) is 52.5 Å². The van der Waals surface area contributed by atoms with Gasteiger partial charge in [0.25, 0.3) is 0 Å². The molecular formula is C21H37IN4O2. The van der Waals surface area contributed by atoms with Crippen molar-refractivity contribution in [2.75, 3.05) is 53.6 Å². The van der Waals surface area contributed by atoms with Crippen LogP contribution in [0.15, 0.2) is 29.3 Å². The van der Waals surface area contributed by atoms with Crippen LogP contribution >= 0.6 is 24.0 Å². The highest BCUT2D eigenvalue weighted by molar-refractivity contribution is 14.0. The van der Waals surface area contributed by atoms with E-state index >= 15 is 0 Å². The van der Waals surface area contributed by atoms with Gasteiger partial charge in [0.05, 0.1) is 13.2 Å². The molecule has 1 heterocycles. The van der Waals surface area contributed by atoms with Crippen molar-refractivity contribution in [1.82, 2.24) is 15.5 Å². The summed E-state index contributed by atoms with van der Waals surface area (Å²) in [4.78, 5) is 6.89. The molecule has 7 heteroatoms. The van der Waals surface area contributed by atoms with E-state index in [2.05, 4.69) is 58.6 Å². The molecule has 0 aromatic heterocycles. The monoisotopic (exact) mass is 504 g/mol. The van der Waals surface area contributed by atoms with Crippen LogP contribution < -0.4 is 10.6 Å². The molecule has 1 aromatic carbocycles. The Kier molecular flexibility index (Phi) is 12.0. The standard InChI is InChI=1S/C21H36N4O2.HI/c1-21(2,25-12-10-18-8-5-6-9-19(18)16-25)17-24-20(22-3)23-11-7-13-27-15-14-26-4;/h5-6,8-9H,7,10-17H2,1-4H3,(H2,22,23,24);1H. The number of hydrogen-bond donors (Lipinski definition) is 2. The SMILES string of the molecule is CN=C(NCCCOCCOC)NCC(C)(C)N1CCc2ccccc2C1.I. The molecule has 0 spiro atoms. The fraction of sp³-hybridized carbons (Fsp3) is 0.667. The molecule has 0 amide bonds. The summed E-state index contributed by atoms with van der Waals surface area (Å²) in [5.41, 5.74) is 2.99. The molecule has 6 nitrogen and oxygen atoms in total. The molecule has 0 saturated carbocycles. The Balaban J connectivity index is 0.00000392. The fourth-order valence-electron chi connectivity index (χ4n) is 3.27. The largest absolute Gasteiger partial charge is 0.382 e. The number of ether oxygens (including phenoxy) is 2. The summed E-state index contributed by atoms with van der Waals surface area (Å²) in [5, 5.41) is 6.84. The Labute approximate surface area is 187 Å². The highest BCUT2D eigenvalue weighted by Crippen LogP contribution is 2.24. The average Bonchev–Trinajstić information content (AvgIpc) is 2.69. The van der Waals surface area contributed by atoms with Crippen molar-refractivity contribution in [3.63, 3.8) is 0 Å². The zero-order chi connectivity index (χ0) is 19.5. The zero-order valence-corrected chi connectivity index (χ0v) is 20.1. The Morgan fingerprint density at radius 3 is 2.61 bits per heavy atom. The molecule has 28 heavy (non-hydrogen) atoms. The van der Waals surface area contributed by atoms with Gasteiger partial charge in [0.1, 0.15) is 0 Å². The van der Waals surface area contributed by atoms with Crippen LogP contribution in [0.25, 0.3) is 0 Å². The first-order valence-corrected chi connectivity index (χ1v) is 9.90. The van der Waals surface area contributed by atoms with Crippen molar-refractivity contribution in [3.8, 4) is 0 Å². The summed E-state index contributed by atoms with van der Waals surface area (Å²) >= 11 is 0. The molecule has 2 rings (SSSR count). The molecule has 0 fully saturated rings. The Hall–Kier alpha value is -0.900. The molecule has 0 bridgehead atoms. The van der Waals surface area contributed by atoms with Gasteiger partial charge in [-0.05, 0) is 37.8 Å². The first kappa shape index (κ1) is 25.1. The molecule has 1 aromatic rings. The third-order valence-corrected chi connectivity index (χ3v) is 5.09. The molecule has 160 valence electrons. The number of nitrogens with zero attached hydrogens (tertiary/aromatic N) is 2. The van der Waals surface area contributed by atoms with Crippen LogP contribution in [0.4, 0.5) is 0 Å². The van der Waals surface area contributed by atoms with Crippen LogP contribution in [0.1, 0.15) is 31.4 Å². The third-order valence-electron chi connectivity index (χ3n) is 5.09. The van der Waals surface area contributed by atoms with Crippen molar-refractivity contribution in [2.24, 2.45) is 4.99 Å². The first-order chi connectivity index (χ1) is 13.1. The van der Waals surface area contributed by atoms with E-state index in [-0.39, 0.29) is 29.5 Å². The number of halogens is 1. The van der Waals surface area contributed by atoms with Crippen LogP contribution in [0.3, 0.4) is 0 Å². The number of guanidine groups is 1. The minimum atomic E-state index is 0. The molecular weight excluding hydrogens is 467 g/mol. The minimum absolute atomic E-state index is 0. The summed E-state index contributed by atoms with van der Waals surface area (Å²) < 4.78 is 10.4. The van der Waals surface area contributed by atoms with Gasteiger partial charge < -0.3 is 20.1 Å². The normalized spacial score (nSPS) is 14.9. The Morgan fingerprint density at radius 1 is 1.14 bits per heavy atom. The maximum Gasteiger partial charge on any atom is 0.191 e. The molecule has 0 atom stereocenters. The second-order valence-electron chi connectivity index (χ2n) is 7.56. The van der Waals surface area contributed by atoms with E-state index < -0.39 is 0 Å². The number of nitrogens with one attached hydrogen (secondary N) is 2. The number of aliphatic imine (C=N–C) groups is 1. The lowest BCUT2D eigenvalue weighted by molar-refractivity contribution is 0.0698. The molecule has 1 aliphatic heterocycles. The molecule has 0 unspecified atom stereocenters. The van der Waals surface area contributed by atoms with Crippen LogP contribution in [0.2, 0.25) is 0 Å². The summed E-state index contributed by atoms with van der Waals surface area (Å²) in [6.45, 7) is 10.4. The van der Waals surface area contributed by atoms with E-state index in [1.807, 2.05) is 7.05 Å². The van der Waals surface area contributed by atoms with Gasteiger partial charge in [-0.25, -0.2) is 0 Å². The van der Waals surface area contributed by atoms with Gasteiger partial charge in [-0.1, -0.05) is 24.3 Å². The lowest BCUT2D eigenvalue weighted by Gasteiger charge is -2.42. The van der Waals surface area contributed by atoms with Crippen LogP contribution in [-0.2, 0) is 22.4 Å². The molecule has 0 aliphatic carbocycles. The third kappa shape index (κ3) is 8.23. The predicted molar refractivity (Wildman–Crippen MR) is 127 cm³/mol. The zero-order valence-electron chi connectivity index (χ0n) is 17.8. The number of rotatable bonds is 10. The Morgan fingerprint density at radius 2 is 1.89 bits per heavy atom. The van der Waals surface area contributed by atoms with E-state index in [1.165, 1.54) is 11.1 Å². The van der Waals surface area contributed by atoms with Gasteiger partial charge in [-0.3, -0.25) is 9.89 Å². The average molecular weight is 504 g/mol. The summed E-state index contributed by atoms with van der Waals surface area (Å²) in [5.74, 6) is 0.845. The maximum absolute atomic E-state index is 5.48. The van der Waals surface area contributed by atoms with Crippen molar-refractivity contribution >= 4 is 29.9 Å². The molecule has 0 saturated heterocycles. The van der Waals surface area contributed by atoms with E-state index in [9.17, 15) is 0 Å². The predicted octanol–water partition coefficient (Wildman–Crippen LogP) is 2.66. The minimum Gasteiger partial charge on any atom is -0.382 e. The smallest absolute Gasteiger partial charge is 0.191 e. The lowest BCUT2D eigenvalue weighted by atomic mass is 9.94. The van der Waals surface area contributed by atoms with E-state index in [1.54, 1.807) is 7.11 Å². The molecule has 0 radical (unpaired) electrons. The first-order valence-electron chi connectivity index (χ1n) is 9.90. The lowest BCUT2D eigenvalue weighted by Crippen LogP contribution is -2.54. The number of benzene rings is 1. The quantitative estimate of drug-likeness (QED) is 0.222. The van der Waals surface area contributed by atoms with Crippen molar-refractivity contribution in [1.29, 1.82) is 0 Å². The van der Waals surface area contributed by atoms with Gasteiger partial charge in [0.2, 0.25) is 0 Å². The van der Waals surface area contributed by atoms with E-state index in [4.69, 9.17) is 9.47 Å². The highest BCUT2D eigenvalue weighted by atomic mass is 127. The summed E-state index contributed by atoms with van der Waals surface area (Å²) in [6, 6.07) is 8.78. The van der Waals surface area contributed by atoms with Crippen LogP contribution in [-0.4, -0.2) is 70.0 Å². The van der Waals surface area contributed by atoms with Crippen molar-refractivity contribution in [3.05, 3.63) is 35.4 Å². The van der Waals surface area contributed by atoms with Gasteiger partial charge >= 0.3 is 0 Å². The summed E-state index contributed by atoms with van der Waals surface area (Å²) in [7, 11) is 3.50. The molecule has 1 aliphatic rings. The van der Waals surface area contributed by atoms with Crippen molar-refractivity contribution < 1.29 is 9.47 Å². The second-order valence-corrected chi connectivity index (χ2v) is 7.56.